The van der Waals surface area contributed by atoms with Crippen molar-refractivity contribution in [2.75, 3.05) is 6.54 Å². The minimum Gasteiger partial charge on any atom is -0.361 e. The Morgan fingerprint density at radius 2 is 2.27 bits per heavy atom. The number of aromatic amines is 1. The van der Waals surface area contributed by atoms with Gasteiger partial charge in [0.2, 0.25) is 0 Å². The average molecular weight is 203 g/mol. The summed E-state index contributed by atoms with van der Waals surface area (Å²) in [4.78, 5) is 3.21. The molecule has 4 N–H and O–H groups in total. The molecule has 0 amide bonds. The summed E-state index contributed by atoms with van der Waals surface area (Å²) in [5.41, 5.74) is 8.06. The van der Waals surface area contributed by atoms with Crippen LogP contribution in [0.4, 0.5) is 0 Å². The smallest absolute Gasteiger partial charge is 0.0457 e. The van der Waals surface area contributed by atoms with Gasteiger partial charge < -0.3 is 16.0 Å². The van der Waals surface area contributed by atoms with Crippen LogP contribution in [0, 0.1) is 0 Å². The Bertz CT molecular complexity index is 433. The van der Waals surface area contributed by atoms with Gasteiger partial charge in [-0.1, -0.05) is 12.1 Å². The van der Waals surface area contributed by atoms with Crippen LogP contribution in [0.3, 0.4) is 0 Å². The van der Waals surface area contributed by atoms with Crippen LogP contribution in [0.15, 0.2) is 30.5 Å². The number of benzene rings is 1. The molecule has 15 heavy (non-hydrogen) atoms. The normalized spacial score (nSPS) is 13.2. The van der Waals surface area contributed by atoms with Gasteiger partial charge in [0.1, 0.15) is 0 Å². The van der Waals surface area contributed by atoms with Gasteiger partial charge in [0.05, 0.1) is 0 Å². The molecule has 1 aromatic heterocycles. The van der Waals surface area contributed by atoms with E-state index in [-0.39, 0.29) is 0 Å². The molecule has 0 aliphatic heterocycles. The molecule has 3 heteroatoms. The highest BCUT2D eigenvalue weighted by molar-refractivity contribution is 5.82. The van der Waals surface area contributed by atoms with Gasteiger partial charge in [0.15, 0.2) is 0 Å². The fourth-order valence-corrected chi connectivity index (χ4v) is 1.67. The molecular formula is C12H17N3. The summed E-state index contributed by atoms with van der Waals surface area (Å²) in [7, 11) is 0. The standard InChI is InChI=1S/C12H17N3/c1-9(7-13)15-8-10-3-2-4-12-11(10)5-6-14-12/h2-6,9,14-15H,7-8,13H2,1H3. The third-order valence-corrected chi connectivity index (χ3v) is 2.68. The predicted molar refractivity (Wildman–Crippen MR) is 63.7 cm³/mol. The SMILES string of the molecule is CC(CN)NCc1cccc2[nH]ccc12. The van der Waals surface area contributed by atoms with Crippen LogP contribution in [0.5, 0.6) is 0 Å². The molecule has 2 aromatic rings. The highest BCUT2D eigenvalue weighted by Gasteiger charge is 2.02. The van der Waals surface area contributed by atoms with Crippen molar-refractivity contribution in [2.45, 2.75) is 19.5 Å². The van der Waals surface area contributed by atoms with Crippen LogP contribution in [-0.2, 0) is 6.54 Å². The third kappa shape index (κ3) is 2.19. The fourth-order valence-electron chi connectivity index (χ4n) is 1.67. The number of hydrogen-bond donors (Lipinski definition) is 3. The molecule has 1 unspecified atom stereocenters. The highest BCUT2D eigenvalue weighted by atomic mass is 14.9. The molecule has 0 spiro atoms. The first kappa shape index (κ1) is 10.2. The molecule has 0 aliphatic carbocycles. The Balaban J connectivity index is 2.17. The first-order valence-corrected chi connectivity index (χ1v) is 5.29. The average Bonchev–Trinajstić information content (AvgIpc) is 2.74. The second kappa shape index (κ2) is 4.47. The second-order valence-electron chi connectivity index (χ2n) is 3.87. The van der Waals surface area contributed by atoms with Crippen molar-refractivity contribution < 1.29 is 0 Å². The molecule has 0 aliphatic rings. The number of rotatable bonds is 4. The van der Waals surface area contributed by atoms with Crippen LogP contribution in [0.25, 0.3) is 10.9 Å². The first-order chi connectivity index (χ1) is 7.31. The Kier molecular flexibility index (Phi) is 3.04. The molecule has 0 saturated heterocycles. The monoisotopic (exact) mass is 203 g/mol. The third-order valence-electron chi connectivity index (χ3n) is 2.68. The van der Waals surface area contributed by atoms with E-state index in [0.29, 0.717) is 12.6 Å². The summed E-state index contributed by atoms with van der Waals surface area (Å²) in [6.45, 7) is 3.63. The maximum absolute atomic E-state index is 5.56. The molecule has 2 rings (SSSR count). The van der Waals surface area contributed by atoms with Crippen molar-refractivity contribution in [1.82, 2.24) is 10.3 Å². The van der Waals surface area contributed by atoms with Crippen molar-refractivity contribution in [2.24, 2.45) is 5.73 Å². The summed E-state index contributed by atoms with van der Waals surface area (Å²) in [6.07, 6.45) is 1.97. The fraction of sp³-hybridized carbons (Fsp3) is 0.333. The maximum Gasteiger partial charge on any atom is 0.0457 e. The molecule has 80 valence electrons. The maximum atomic E-state index is 5.56. The van der Waals surface area contributed by atoms with Gasteiger partial charge in [-0.05, 0) is 24.6 Å². The summed E-state index contributed by atoms with van der Waals surface area (Å²) in [5.74, 6) is 0. The van der Waals surface area contributed by atoms with Crippen LogP contribution >= 0.6 is 0 Å². The number of aromatic nitrogens is 1. The second-order valence-corrected chi connectivity index (χ2v) is 3.87. The Morgan fingerprint density at radius 3 is 3.07 bits per heavy atom. The quantitative estimate of drug-likeness (QED) is 0.707. The topological polar surface area (TPSA) is 53.8 Å². The number of nitrogens with two attached hydrogens (primary N) is 1. The number of H-pyrrole nitrogens is 1. The number of nitrogens with one attached hydrogen (secondary N) is 2. The lowest BCUT2D eigenvalue weighted by atomic mass is 10.1. The predicted octanol–water partition coefficient (Wildman–Crippen LogP) is 1.60. The molecular weight excluding hydrogens is 186 g/mol. The lowest BCUT2D eigenvalue weighted by Gasteiger charge is -2.11. The number of hydrogen-bond acceptors (Lipinski definition) is 2. The van der Waals surface area contributed by atoms with Gasteiger partial charge in [-0.25, -0.2) is 0 Å². The van der Waals surface area contributed by atoms with Crippen molar-refractivity contribution in [3.8, 4) is 0 Å². The minimum absolute atomic E-state index is 0.360. The van der Waals surface area contributed by atoms with E-state index in [4.69, 9.17) is 5.73 Å². The van der Waals surface area contributed by atoms with Crippen LogP contribution in [0.2, 0.25) is 0 Å². The van der Waals surface area contributed by atoms with Crippen LogP contribution < -0.4 is 11.1 Å². The van der Waals surface area contributed by atoms with Crippen molar-refractivity contribution in [1.29, 1.82) is 0 Å². The van der Waals surface area contributed by atoms with E-state index in [2.05, 4.69) is 41.5 Å². The largest absolute Gasteiger partial charge is 0.361 e. The van der Waals surface area contributed by atoms with Crippen molar-refractivity contribution in [3.63, 3.8) is 0 Å². The molecule has 1 aromatic carbocycles. The minimum atomic E-state index is 0.360. The van der Waals surface area contributed by atoms with Gasteiger partial charge in [-0.15, -0.1) is 0 Å². The van der Waals surface area contributed by atoms with Crippen LogP contribution in [-0.4, -0.2) is 17.6 Å². The van der Waals surface area contributed by atoms with Gasteiger partial charge in [0.25, 0.3) is 0 Å². The van der Waals surface area contributed by atoms with E-state index in [1.165, 1.54) is 16.5 Å². The lowest BCUT2D eigenvalue weighted by molar-refractivity contribution is 0.558. The van der Waals surface area contributed by atoms with E-state index in [1.807, 2.05) is 6.20 Å². The first-order valence-electron chi connectivity index (χ1n) is 5.29. The van der Waals surface area contributed by atoms with Gasteiger partial charge in [0, 0.05) is 36.2 Å². The zero-order chi connectivity index (χ0) is 10.7. The molecule has 1 heterocycles. The Hall–Kier alpha value is -1.32. The Morgan fingerprint density at radius 1 is 1.40 bits per heavy atom. The van der Waals surface area contributed by atoms with Gasteiger partial charge in [-0.2, -0.15) is 0 Å². The van der Waals surface area contributed by atoms with E-state index < -0.39 is 0 Å². The molecule has 1 atom stereocenters. The highest BCUT2D eigenvalue weighted by Crippen LogP contribution is 2.16. The molecule has 0 saturated carbocycles. The zero-order valence-electron chi connectivity index (χ0n) is 8.96. The van der Waals surface area contributed by atoms with Crippen LogP contribution in [0.1, 0.15) is 12.5 Å². The number of fused-ring (bicyclic) bond motifs is 1. The summed E-state index contributed by atoms with van der Waals surface area (Å²) >= 11 is 0. The summed E-state index contributed by atoms with van der Waals surface area (Å²) in [5, 5.41) is 4.68. The molecule has 3 nitrogen and oxygen atoms in total. The van der Waals surface area contributed by atoms with E-state index in [0.717, 1.165) is 6.54 Å². The van der Waals surface area contributed by atoms with Crippen molar-refractivity contribution in [3.05, 3.63) is 36.0 Å². The Labute approximate surface area is 89.7 Å². The van der Waals surface area contributed by atoms with Crippen molar-refractivity contribution >= 4 is 10.9 Å². The van der Waals surface area contributed by atoms with Gasteiger partial charge >= 0.3 is 0 Å². The molecule has 0 fully saturated rings. The summed E-state index contributed by atoms with van der Waals surface area (Å²) < 4.78 is 0. The van der Waals surface area contributed by atoms with E-state index in [9.17, 15) is 0 Å². The molecule has 0 radical (unpaired) electrons. The summed E-state index contributed by atoms with van der Waals surface area (Å²) in [6, 6.07) is 8.78. The lowest BCUT2D eigenvalue weighted by Crippen LogP contribution is -2.32. The van der Waals surface area contributed by atoms with E-state index in [1.54, 1.807) is 0 Å². The van der Waals surface area contributed by atoms with Gasteiger partial charge in [-0.3, -0.25) is 0 Å². The van der Waals surface area contributed by atoms with E-state index >= 15 is 0 Å². The zero-order valence-corrected chi connectivity index (χ0v) is 8.96. The molecule has 0 bridgehead atoms.